The van der Waals surface area contributed by atoms with E-state index in [1.165, 1.54) is 4.68 Å². The molecule has 0 saturated carbocycles. The van der Waals surface area contributed by atoms with Crippen LogP contribution in [-0.4, -0.2) is 37.9 Å². The van der Waals surface area contributed by atoms with Crippen LogP contribution in [0, 0.1) is 19.8 Å². The maximum Gasteiger partial charge on any atom is 0.247 e. The Bertz CT molecular complexity index is 441. The predicted molar refractivity (Wildman–Crippen MR) is 79.7 cm³/mol. The van der Waals surface area contributed by atoms with E-state index in [-0.39, 0.29) is 23.2 Å². The van der Waals surface area contributed by atoms with Crippen molar-refractivity contribution in [2.75, 3.05) is 12.4 Å². The number of aliphatic hydroxyl groups excluding tert-OH is 1. The molecule has 0 spiro atoms. The number of nitrogens with zero attached hydrogens (tertiary/aromatic N) is 2. The summed E-state index contributed by atoms with van der Waals surface area (Å²) >= 11 is 1.70. The summed E-state index contributed by atoms with van der Waals surface area (Å²) in [5.41, 5.74) is 1.75. The average Bonchev–Trinajstić information content (AvgIpc) is 2.65. The van der Waals surface area contributed by atoms with Gasteiger partial charge in [0.15, 0.2) is 0 Å². The van der Waals surface area contributed by atoms with Gasteiger partial charge in [-0.15, -0.1) is 0 Å². The molecular formula is C14H24N2O2S. The normalized spacial score (nSPS) is 13.6. The van der Waals surface area contributed by atoms with Crippen molar-refractivity contribution in [3.8, 4) is 0 Å². The summed E-state index contributed by atoms with van der Waals surface area (Å²) in [6.07, 6.45) is 0.466. The van der Waals surface area contributed by atoms with E-state index in [9.17, 15) is 4.79 Å². The molecular weight excluding hydrogens is 260 g/mol. The van der Waals surface area contributed by atoms with Crippen molar-refractivity contribution in [2.45, 2.75) is 45.8 Å². The lowest BCUT2D eigenvalue weighted by Crippen LogP contribution is -2.30. The quantitative estimate of drug-likeness (QED) is 0.872. The molecule has 1 unspecified atom stereocenters. The second kappa shape index (κ2) is 6.57. The van der Waals surface area contributed by atoms with Crippen molar-refractivity contribution < 1.29 is 9.90 Å². The Labute approximate surface area is 119 Å². The number of hydrogen-bond donors (Lipinski definition) is 1. The Morgan fingerprint density at radius 3 is 2.63 bits per heavy atom. The maximum absolute atomic E-state index is 12.3. The van der Waals surface area contributed by atoms with Crippen LogP contribution < -0.4 is 0 Å². The number of hydrogen-bond acceptors (Lipinski definition) is 4. The van der Waals surface area contributed by atoms with Gasteiger partial charge in [0.2, 0.25) is 5.91 Å². The van der Waals surface area contributed by atoms with Crippen LogP contribution in [0.2, 0.25) is 0 Å². The van der Waals surface area contributed by atoms with Crippen LogP contribution in [-0.2, 0) is 0 Å². The van der Waals surface area contributed by atoms with E-state index in [4.69, 9.17) is 5.11 Å². The number of aryl methyl sites for hydroxylation is 2. The van der Waals surface area contributed by atoms with Crippen molar-refractivity contribution in [1.82, 2.24) is 9.78 Å². The van der Waals surface area contributed by atoms with Gasteiger partial charge in [-0.2, -0.15) is 16.9 Å². The van der Waals surface area contributed by atoms with Gasteiger partial charge in [-0.25, -0.2) is 4.68 Å². The number of rotatable bonds is 6. The Hall–Kier alpha value is -0.810. The minimum absolute atomic E-state index is 0.0332. The lowest BCUT2D eigenvalue weighted by molar-refractivity contribution is 0.0857. The summed E-state index contributed by atoms with van der Waals surface area (Å²) in [6, 6.07) is 1.91. The smallest absolute Gasteiger partial charge is 0.247 e. The number of aliphatic hydroxyl groups is 1. The first kappa shape index (κ1) is 16.2. The molecule has 19 heavy (non-hydrogen) atoms. The highest BCUT2D eigenvalue weighted by molar-refractivity contribution is 8.00. The zero-order valence-corrected chi connectivity index (χ0v) is 13.3. The second-order valence-electron chi connectivity index (χ2n) is 5.51. The Morgan fingerprint density at radius 2 is 2.16 bits per heavy atom. The molecule has 0 aromatic carbocycles. The predicted octanol–water partition coefficient (Wildman–Crippen LogP) is 2.67. The van der Waals surface area contributed by atoms with Crippen molar-refractivity contribution >= 4 is 17.7 Å². The van der Waals surface area contributed by atoms with Gasteiger partial charge in [0.05, 0.1) is 12.3 Å². The standard InChI is InChI=1S/C14H24N2O2S/c1-10(14(4,5)19-7-6-17)8-13(18)16-12(3)9-11(2)15-16/h9-10,17H,6-8H2,1-5H3. The molecule has 1 heterocycles. The summed E-state index contributed by atoms with van der Waals surface area (Å²) in [7, 11) is 0. The van der Waals surface area contributed by atoms with E-state index in [0.717, 1.165) is 11.4 Å². The maximum atomic E-state index is 12.3. The lowest BCUT2D eigenvalue weighted by atomic mass is 9.93. The molecule has 1 N–H and O–H groups in total. The average molecular weight is 284 g/mol. The second-order valence-corrected chi connectivity index (χ2v) is 7.26. The van der Waals surface area contributed by atoms with Crippen molar-refractivity contribution in [3.05, 3.63) is 17.5 Å². The highest BCUT2D eigenvalue weighted by Crippen LogP contribution is 2.34. The molecule has 0 amide bonds. The van der Waals surface area contributed by atoms with Crippen molar-refractivity contribution in [2.24, 2.45) is 5.92 Å². The molecule has 1 atom stereocenters. The SMILES string of the molecule is Cc1cc(C)n(C(=O)CC(C)C(C)(C)SCCO)n1. The highest BCUT2D eigenvalue weighted by Gasteiger charge is 2.28. The fourth-order valence-electron chi connectivity index (χ4n) is 1.93. The Kier molecular flexibility index (Phi) is 5.62. The highest BCUT2D eigenvalue weighted by atomic mass is 32.2. The van der Waals surface area contributed by atoms with Gasteiger partial charge in [-0.05, 0) is 25.8 Å². The third-order valence-electron chi connectivity index (χ3n) is 3.48. The number of carbonyl (C=O) groups is 1. The first-order valence-corrected chi connectivity index (χ1v) is 7.57. The minimum atomic E-state index is -0.0332. The monoisotopic (exact) mass is 284 g/mol. The molecule has 5 heteroatoms. The van der Waals surface area contributed by atoms with E-state index in [0.29, 0.717) is 12.2 Å². The van der Waals surface area contributed by atoms with Crippen LogP contribution in [0.3, 0.4) is 0 Å². The van der Waals surface area contributed by atoms with Crippen LogP contribution in [0.5, 0.6) is 0 Å². The first-order valence-electron chi connectivity index (χ1n) is 6.59. The topological polar surface area (TPSA) is 55.1 Å². The zero-order chi connectivity index (χ0) is 14.6. The molecule has 1 aromatic rings. The molecule has 0 radical (unpaired) electrons. The molecule has 0 bridgehead atoms. The van der Waals surface area contributed by atoms with Crippen LogP contribution >= 0.6 is 11.8 Å². The van der Waals surface area contributed by atoms with Gasteiger partial charge < -0.3 is 5.11 Å². The van der Waals surface area contributed by atoms with Gasteiger partial charge in [0.1, 0.15) is 0 Å². The van der Waals surface area contributed by atoms with Gasteiger partial charge in [0.25, 0.3) is 0 Å². The third kappa shape index (κ3) is 4.35. The molecule has 1 rings (SSSR count). The van der Waals surface area contributed by atoms with E-state index >= 15 is 0 Å². The summed E-state index contributed by atoms with van der Waals surface area (Å²) in [5.74, 6) is 0.960. The Morgan fingerprint density at radius 1 is 1.53 bits per heavy atom. The fraction of sp³-hybridized carbons (Fsp3) is 0.714. The molecule has 4 nitrogen and oxygen atoms in total. The molecule has 0 aliphatic heterocycles. The summed E-state index contributed by atoms with van der Waals surface area (Å²) in [6.45, 7) is 10.3. The van der Waals surface area contributed by atoms with Gasteiger partial charge >= 0.3 is 0 Å². The van der Waals surface area contributed by atoms with Crippen LogP contribution in [0.1, 0.15) is 43.4 Å². The first-order chi connectivity index (χ1) is 8.77. The number of carbonyl (C=O) groups excluding carboxylic acids is 1. The fourth-order valence-corrected chi connectivity index (χ4v) is 2.91. The van der Waals surface area contributed by atoms with Gasteiger partial charge in [-0.1, -0.05) is 20.8 Å². The zero-order valence-electron chi connectivity index (χ0n) is 12.4. The molecule has 108 valence electrons. The third-order valence-corrected chi connectivity index (χ3v) is 5.01. The van der Waals surface area contributed by atoms with Gasteiger partial charge in [-0.3, -0.25) is 4.79 Å². The molecule has 0 aliphatic rings. The number of aromatic nitrogens is 2. The number of thioether (sulfide) groups is 1. The van der Waals surface area contributed by atoms with Crippen LogP contribution in [0.4, 0.5) is 0 Å². The van der Waals surface area contributed by atoms with Crippen LogP contribution in [0.25, 0.3) is 0 Å². The van der Waals surface area contributed by atoms with Crippen molar-refractivity contribution in [3.63, 3.8) is 0 Å². The molecule has 1 aromatic heterocycles. The molecule has 0 saturated heterocycles. The van der Waals surface area contributed by atoms with E-state index < -0.39 is 0 Å². The lowest BCUT2D eigenvalue weighted by Gasteiger charge is -2.30. The largest absolute Gasteiger partial charge is 0.396 e. The Balaban J connectivity index is 2.68. The molecule has 0 fully saturated rings. The summed E-state index contributed by atoms with van der Waals surface area (Å²) in [4.78, 5) is 12.3. The van der Waals surface area contributed by atoms with E-state index in [1.54, 1.807) is 11.8 Å². The van der Waals surface area contributed by atoms with E-state index in [2.05, 4.69) is 25.9 Å². The minimum Gasteiger partial charge on any atom is -0.396 e. The van der Waals surface area contributed by atoms with Gasteiger partial charge in [0, 0.05) is 22.6 Å². The summed E-state index contributed by atoms with van der Waals surface area (Å²) < 4.78 is 1.47. The van der Waals surface area contributed by atoms with Crippen molar-refractivity contribution in [1.29, 1.82) is 0 Å². The molecule has 0 aliphatic carbocycles. The summed E-state index contributed by atoms with van der Waals surface area (Å²) in [5, 5.41) is 13.1. The van der Waals surface area contributed by atoms with E-state index in [1.807, 2.05) is 19.9 Å². The van der Waals surface area contributed by atoms with Crippen LogP contribution in [0.15, 0.2) is 6.07 Å².